The SMILES string of the molecule is Cc1nc(N2CCCC(F)(F)CC2)c(C(N)=O)cc1Cl.O=C(O)c1ccccc1. The monoisotopic (exact) mass is 425 g/mol. The van der Waals surface area contributed by atoms with E-state index in [0.717, 1.165) is 0 Å². The van der Waals surface area contributed by atoms with Crippen LogP contribution in [0.25, 0.3) is 0 Å². The molecule has 0 aliphatic carbocycles. The summed E-state index contributed by atoms with van der Waals surface area (Å²) in [5.41, 5.74) is 6.37. The van der Waals surface area contributed by atoms with Gasteiger partial charge in [0.15, 0.2) is 0 Å². The van der Waals surface area contributed by atoms with Gasteiger partial charge >= 0.3 is 5.97 Å². The Morgan fingerprint density at radius 2 is 1.86 bits per heavy atom. The number of carbonyl (C=O) groups excluding carboxylic acids is 1. The number of hydrogen-bond donors (Lipinski definition) is 2. The van der Waals surface area contributed by atoms with Crippen LogP contribution in [0.4, 0.5) is 14.6 Å². The zero-order valence-electron chi connectivity index (χ0n) is 15.9. The Balaban J connectivity index is 0.000000278. The molecule has 3 rings (SSSR count). The first-order valence-corrected chi connectivity index (χ1v) is 9.36. The van der Waals surface area contributed by atoms with Crippen molar-refractivity contribution in [3.05, 3.63) is 58.2 Å². The Morgan fingerprint density at radius 1 is 1.21 bits per heavy atom. The molecule has 156 valence electrons. The highest BCUT2D eigenvalue weighted by atomic mass is 35.5. The van der Waals surface area contributed by atoms with Crippen LogP contribution in [0.15, 0.2) is 36.4 Å². The number of carboxylic acid groups (broad SMARTS) is 1. The van der Waals surface area contributed by atoms with Gasteiger partial charge in [-0.05, 0) is 31.5 Å². The van der Waals surface area contributed by atoms with Gasteiger partial charge in [-0.25, -0.2) is 18.6 Å². The molecule has 0 spiro atoms. The largest absolute Gasteiger partial charge is 0.478 e. The molecule has 0 radical (unpaired) electrons. The van der Waals surface area contributed by atoms with E-state index in [1.54, 1.807) is 42.2 Å². The normalized spacial score (nSPS) is 15.7. The van der Waals surface area contributed by atoms with Gasteiger partial charge in [-0.15, -0.1) is 0 Å². The lowest BCUT2D eigenvalue weighted by Gasteiger charge is -2.24. The number of rotatable bonds is 3. The summed E-state index contributed by atoms with van der Waals surface area (Å²) < 4.78 is 26.8. The van der Waals surface area contributed by atoms with Crippen molar-refractivity contribution in [2.45, 2.75) is 32.1 Å². The second-order valence-corrected chi connectivity index (χ2v) is 7.07. The molecule has 0 unspecified atom stereocenters. The summed E-state index contributed by atoms with van der Waals surface area (Å²) >= 11 is 5.94. The van der Waals surface area contributed by atoms with Crippen molar-refractivity contribution in [1.29, 1.82) is 0 Å². The van der Waals surface area contributed by atoms with Gasteiger partial charge in [-0.3, -0.25) is 4.79 Å². The molecular formula is C20H22ClF2N3O3. The molecule has 6 nitrogen and oxygen atoms in total. The standard InChI is InChI=1S/C13H16ClF2N3O.C7H6O2/c1-8-10(14)7-9(11(17)20)12(18-8)19-5-2-3-13(15,16)4-6-19;8-7(9)6-4-2-1-3-5-6/h7H,2-6H2,1H3,(H2,17,20);1-5H,(H,8,9). The van der Waals surface area contributed by atoms with Crippen LogP contribution in [0.2, 0.25) is 5.02 Å². The van der Waals surface area contributed by atoms with Crippen LogP contribution >= 0.6 is 11.6 Å². The number of aryl methyl sites for hydroxylation is 1. The molecule has 9 heteroatoms. The molecule has 1 aliphatic rings. The summed E-state index contributed by atoms with van der Waals surface area (Å²) in [6.45, 7) is 2.26. The molecule has 1 amide bonds. The molecule has 1 aromatic heterocycles. The topological polar surface area (TPSA) is 96.5 Å². The number of halogens is 3. The minimum absolute atomic E-state index is 0.140. The second-order valence-electron chi connectivity index (χ2n) is 6.66. The number of aromatic nitrogens is 1. The Hall–Kier alpha value is -2.74. The number of benzene rings is 1. The van der Waals surface area contributed by atoms with Crippen molar-refractivity contribution in [3.63, 3.8) is 0 Å². The third-order valence-electron chi connectivity index (χ3n) is 4.43. The van der Waals surface area contributed by atoms with E-state index in [4.69, 9.17) is 22.4 Å². The Bertz CT molecular complexity index is 879. The zero-order valence-corrected chi connectivity index (χ0v) is 16.6. The number of pyridine rings is 1. The number of nitrogens with two attached hydrogens (primary N) is 1. The number of aromatic carboxylic acids is 1. The van der Waals surface area contributed by atoms with Gasteiger partial charge in [-0.1, -0.05) is 29.8 Å². The van der Waals surface area contributed by atoms with E-state index >= 15 is 0 Å². The Kier molecular flexibility index (Phi) is 7.50. The molecule has 0 bridgehead atoms. The van der Waals surface area contributed by atoms with E-state index in [-0.39, 0.29) is 24.9 Å². The lowest BCUT2D eigenvalue weighted by atomic mass is 10.1. The van der Waals surface area contributed by atoms with E-state index in [2.05, 4.69) is 4.98 Å². The summed E-state index contributed by atoms with van der Waals surface area (Å²) in [7, 11) is 0. The van der Waals surface area contributed by atoms with E-state index < -0.39 is 17.8 Å². The molecule has 0 saturated carbocycles. The maximum atomic E-state index is 13.4. The summed E-state index contributed by atoms with van der Waals surface area (Å²) in [6, 6.07) is 9.74. The minimum Gasteiger partial charge on any atom is -0.478 e. The third-order valence-corrected chi connectivity index (χ3v) is 4.82. The molecule has 1 aliphatic heterocycles. The van der Waals surface area contributed by atoms with Gasteiger partial charge < -0.3 is 15.7 Å². The summed E-state index contributed by atoms with van der Waals surface area (Å²) in [6.07, 6.45) is -0.0644. The van der Waals surface area contributed by atoms with Crippen LogP contribution in [0.1, 0.15) is 45.7 Å². The van der Waals surface area contributed by atoms with E-state index in [1.165, 1.54) is 6.07 Å². The van der Waals surface area contributed by atoms with Crippen LogP contribution in [-0.2, 0) is 0 Å². The fraction of sp³-hybridized carbons (Fsp3) is 0.350. The van der Waals surface area contributed by atoms with Crippen LogP contribution in [0, 0.1) is 6.92 Å². The number of hydrogen-bond acceptors (Lipinski definition) is 4. The molecule has 0 atom stereocenters. The lowest BCUT2D eigenvalue weighted by Crippen LogP contribution is -2.29. The predicted octanol–water partition coefficient (Wildman–Crippen LogP) is 4.15. The summed E-state index contributed by atoms with van der Waals surface area (Å²) in [5.74, 6) is -3.86. The van der Waals surface area contributed by atoms with Crippen LogP contribution in [0.3, 0.4) is 0 Å². The first-order valence-electron chi connectivity index (χ1n) is 8.99. The number of alkyl halides is 2. The lowest BCUT2D eigenvalue weighted by molar-refractivity contribution is -0.0102. The second kappa shape index (κ2) is 9.65. The van der Waals surface area contributed by atoms with Crippen molar-refractivity contribution in [2.75, 3.05) is 18.0 Å². The Morgan fingerprint density at radius 3 is 2.41 bits per heavy atom. The summed E-state index contributed by atoms with van der Waals surface area (Å²) in [5, 5.41) is 8.72. The zero-order chi connectivity index (χ0) is 21.6. The maximum Gasteiger partial charge on any atom is 0.335 e. The van der Waals surface area contributed by atoms with Gasteiger partial charge in [0.25, 0.3) is 5.91 Å². The Labute approximate surface area is 172 Å². The first kappa shape index (κ1) is 22.5. The number of primary amides is 1. The smallest absolute Gasteiger partial charge is 0.335 e. The average molecular weight is 426 g/mol. The highest BCUT2D eigenvalue weighted by molar-refractivity contribution is 6.31. The van der Waals surface area contributed by atoms with Crippen molar-refractivity contribution >= 4 is 29.3 Å². The van der Waals surface area contributed by atoms with Gasteiger partial charge in [0.2, 0.25) is 5.92 Å². The summed E-state index contributed by atoms with van der Waals surface area (Å²) in [4.78, 5) is 27.6. The number of carbonyl (C=O) groups is 2. The van der Waals surface area contributed by atoms with E-state index in [9.17, 15) is 18.4 Å². The van der Waals surface area contributed by atoms with Crippen molar-refractivity contribution in [1.82, 2.24) is 4.98 Å². The number of nitrogens with zero attached hydrogens (tertiary/aromatic N) is 2. The highest BCUT2D eigenvalue weighted by Gasteiger charge is 2.33. The first-order chi connectivity index (χ1) is 13.6. The maximum absolute atomic E-state index is 13.4. The molecule has 1 aromatic carbocycles. The molecule has 1 saturated heterocycles. The van der Waals surface area contributed by atoms with Gasteiger partial charge in [0.1, 0.15) is 5.82 Å². The van der Waals surface area contributed by atoms with Crippen LogP contribution in [0.5, 0.6) is 0 Å². The molecular weight excluding hydrogens is 404 g/mol. The fourth-order valence-corrected chi connectivity index (χ4v) is 3.00. The van der Waals surface area contributed by atoms with Gasteiger partial charge in [0.05, 0.1) is 21.8 Å². The van der Waals surface area contributed by atoms with E-state index in [1.807, 2.05) is 0 Å². The van der Waals surface area contributed by atoms with Crippen LogP contribution < -0.4 is 10.6 Å². The predicted molar refractivity (Wildman–Crippen MR) is 107 cm³/mol. The molecule has 29 heavy (non-hydrogen) atoms. The molecule has 1 fully saturated rings. The van der Waals surface area contributed by atoms with Crippen molar-refractivity contribution < 1.29 is 23.5 Å². The molecule has 3 N–H and O–H groups in total. The average Bonchev–Trinajstić information content (AvgIpc) is 2.85. The van der Waals surface area contributed by atoms with E-state index in [0.29, 0.717) is 35.1 Å². The number of amides is 1. The third kappa shape index (κ3) is 6.39. The molecule has 2 aromatic rings. The number of anilines is 1. The molecule has 2 heterocycles. The quantitative estimate of drug-likeness (QED) is 0.769. The van der Waals surface area contributed by atoms with Crippen molar-refractivity contribution in [2.24, 2.45) is 5.73 Å². The van der Waals surface area contributed by atoms with Gasteiger partial charge in [0, 0.05) is 25.9 Å². The van der Waals surface area contributed by atoms with Crippen LogP contribution in [-0.4, -0.2) is 41.0 Å². The van der Waals surface area contributed by atoms with Gasteiger partial charge in [-0.2, -0.15) is 0 Å². The van der Waals surface area contributed by atoms with Crippen molar-refractivity contribution in [3.8, 4) is 0 Å². The number of carboxylic acids is 1. The fourth-order valence-electron chi connectivity index (χ4n) is 2.85. The minimum atomic E-state index is -2.66. The highest BCUT2D eigenvalue weighted by Crippen LogP contribution is 2.31.